The van der Waals surface area contributed by atoms with Gasteiger partial charge in [-0.15, -0.1) is 0 Å². The lowest BCUT2D eigenvalue weighted by molar-refractivity contribution is -0.114. The van der Waals surface area contributed by atoms with E-state index in [1.54, 1.807) is 55.8 Å². The van der Waals surface area contributed by atoms with Crippen molar-refractivity contribution in [3.05, 3.63) is 83.1 Å². The fourth-order valence-corrected chi connectivity index (χ4v) is 2.88. The van der Waals surface area contributed by atoms with E-state index >= 15 is 0 Å². The van der Waals surface area contributed by atoms with Crippen molar-refractivity contribution in [3.63, 3.8) is 0 Å². The van der Waals surface area contributed by atoms with Crippen LogP contribution in [0.25, 0.3) is 0 Å². The minimum atomic E-state index is -0.275. The second-order valence-corrected chi connectivity index (χ2v) is 6.77. The van der Waals surface area contributed by atoms with Crippen molar-refractivity contribution in [1.82, 2.24) is 10.3 Å². The zero-order valence-corrected chi connectivity index (χ0v) is 17.1. The molecule has 0 aliphatic carbocycles. The molecule has 0 aliphatic heterocycles. The Balaban J connectivity index is 1.56. The number of rotatable bonds is 8. The summed E-state index contributed by atoms with van der Waals surface area (Å²) in [7, 11) is 1.54. The Morgan fingerprint density at radius 3 is 2.70 bits per heavy atom. The van der Waals surface area contributed by atoms with Crippen LogP contribution in [0.2, 0.25) is 5.02 Å². The quantitative estimate of drug-likeness (QED) is 0.512. The first-order valence-corrected chi connectivity index (χ1v) is 9.58. The molecule has 1 aromatic heterocycles. The largest absolute Gasteiger partial charge is 0.495 e. The lowest BCUT2D eigenvalue weighted by Crippen LogP contribution is -2.24. The molecule has 0 saturated heterocycles. The zero-order chi connectivity index (χ0) is 21.3. The van der Waals surface area contributed by atoms with E-state index in [0.29, 0.717) is 34.3 Å². The smallest absolute Gasteiger partial charge is 0.251 e. The van der Waals surface area contributed by atoms with Crippen LogP contribution in [0.1, 0.15) is 16.1 Å². The van der Waals surface area contributed by atoms with Gasteiger partial charge in [-0.1, -0.05) is 23.7 Å². The summed E-state index contributed by atoms with van der Waals surface area (Å²) in [5.74, 6) is 0.0559. The number of carbonyl (C=O) groups excluding carboxylic acids is 2. The van der Waals surface area contributed by atoms with Gasteiger partial charge in [0.2, 0.25) is 5.91 Å². The zero-order valence-electron chi connectivity index (χ0n) is 16.3. The van der Waals surface area contributed by atoms with Crippen molar-refractivity contribution in [3.8, 4) is 5.75 Å². The van der Waals surface area contributed by atoms with Gasteiger partial charge in [0.1, 0.15) is 5.75 Å². The first-order valence-electron chi connectivity index (χ1n) is 9.20. The molecule has 0 spiro atoms. The summed E-state index contributed by atoms with van der Waals surface area (Å²) in [5, 5.41) is 9.10. The van der Waals surface area contributed by atoms with Gasteiger partial charge in [0.05, 0.1) is 31.6 Å². The van der Waals surface area contributed by atoms with Crippen molar-refractivity contribution >= 4 is 34.8 Å². The maximum atomic E-state index is 12.4. The van der Waals surface area contributed by atoms with Gasteiger partial charge in [0.15, 0.2) is 0 Å². The third kappa shape index (κ3) is 5.96. The van der Waals surface area contributed by atoms with E-state index in [0.717, 1.165) is 5.69 Å². The summed E-state index contributed by atoms with van der Waals surface area (Å²) >= 11 is 5.99. The van der Waals surface area contributed by atoms with Crippen LogP contribution >= 0.6 is 11.6 Å². The van der Waals surface area contributed by atoms with Crippen LogP contribution in [0.4, 0.5) is 11.4 Å². The van der Waals surface area contributed by atoms with Crippen molar-refractivity contribution in [1.29, 1.82) is 0 Å². The van der Waals surface area contributed by atoms with Crippen LogP contribution < -0.4 is 20.7 Å². The van der Waals surface area contributed by atoms with Gasteiger partial charge in [0, 0.05) is 22.5 Å². The maximum Gasteiger partial charge on any atom is 0.251 e. The number of nitrogens with zero attached hydrogens (tertiary/aromatic N) is 1. The van der Waals surface area contributed by atoms with E-state index in [-0.39, 0.29) is 18.4 Å². The molecule has 30 heavy (non-hydrogen) atoms. The van der Waals surface area contributed by atoms with Gasteiger partial charge in [-0.25, -0.2) is 0 Å². The van der Waals surface area contributed by atoms with Gasteiger partial charge in [-0.05, 0) is 48.5 Å². The molecule has 3 rings (SSSR count). The minimum Gasteiger partial charge on any atom is -0.495 e. The monoisotopic (exact) mass is 424 g/mol. The highest BCUT2D eigenvalue weighted by Gasteiger charge is 2.10. The number of anilines is 2. The van der Waals surface area contributed by atoms with E-state index in [9.17, 15) is 9.59 Å². The topological polar surface area (TPSA) is 92.4 Å². The number of nitrogens with one attached hydrogen (secondary N) is 3. The third-order valence-corrected chi connectivity index (χ3v) is 4.40. The fourth-order valence-electron chi connectivity index (χ4n) is 2.71. The molecular weight excluding hydrogens is 404 g/mol. The first kappa shape index (κ1) is 21.1. The molecule has 0 unspecified atom stereocenters. The summed E-state index contributed by atoms with van der Waals surface area (Å²) < 4.78 is 5.25. The highest BCUT2D eigenvalue weighted by molar-refractivity contribution is 6.31. The Morgan fingerprint density at radius 1 is 1.07 bits per heavy atom. The number of halogens is 1. The van der Waals surface area contributed by atoms with Crippen LogP contribution in [-0.4, -0.2) is 30.5 Å². The van der Waals surface area contributed by atoms with E-state index in [4.69, 9.17) is 16.3 Å². The second kappa shape index (κ2) is 10.3. The fraction of sp³-hybridized carbons (Fsp3) is 0.136. The summed E-state index contributed by atoms with van der Waals surface area (Å²) in [4.78, 5) is 28.9. The van der Waals surface area contributed by atoms with Gasteiger partial charge in [-0.3, -0.25) is 14.6 Å². The highest BCUT2D eigenvalue weighted by Crippen LogP contribution is 2.27. The number of benzene rings is 2. The molecule has 2 amide bonds. The number of hydrogen-bond donors (Lipinski definition) is 3. The molecule has 7 nitrogen and oxygen atoms in total. The molecule has 8 heteroatoms. The van der Waals surface area contributed by atoms with E-state index < -0.39 is 0 Å². The van der Waals surface area contributed by atoms with Crippen molar-refractivity contribution in [2.75, 3.05) is 24.3 Å². The van der Waals surface area contributed by atoms with Gasteiger partial charge in [0.25, 0.3) is 5.91 Å². The Labute approximate surface area is 179 Å². The number of pyridine rings is 1. The predicted molar refractivity (Wildman–Crippen MR) is 117 cm³/mol. The van der Waals surface area contributed by atoms with Crippen molar-refractivity contribution < 1.29 is 14.3 Å². The summed E-state index contributed by atoms with van der Waals surface area (Å²) in [6, 6.07) is 17.3. The molecular formula is C22H21ClN4O3. The second-order valence-electron chi connectivity index (χ2n) is 6.33. The molecule has 0 bridgehead atoms. The van der Waals surface area contributed by atoms with E-state index in [1.807, 2.05) is 18.2 Å². The Kier molecular flexibility index (Phi) is 7.24. The number of hydrogen-bond acceptors (Lipinski definition) is 5. The average molecular weight is 425 g/mol. The van der Waals surface area contributed by atoms with Crippen LogP contribution in [0, 0.1) is 0 Å². The van der Waals surface area contributed by atoms with Gasteiger partial charge in [-0.2, -0.15) is 0 Å². The van der Waals surface area contributed by atoms with E-state index in [1.165, 1.54) is 0 Å². The molecule has 0 atom stereocenters. The molecule has 2 aromatic carbocycles. The van der Waals surface area contributed by atoms with Crippen LogP contribution in [0.5, 0.6) is 5.75 Å². The van der Waals surface area contributed by atoms with Gasteiger partial charge >= 0.3 is 0 Å². The SMILES string of the molecule is COc1ccc(Cl)cc1NCC(=O)Nc1cccc(C(=O)NCc2ccccn2)c1. The lowest BCUT2D eigenvalue weighted by Gasteiger charge is -2.12. The normalized spacial score (nSPS) is 10.2. The third-order valence-electron chi connectivity index (χ3n) is 4.17. The first-order chi connectivity index (χ1) is 14.5. The standard InChI is InChI=1S/C22H21ClN4O3/c1-30-20-9-8-16(23)12-19(20)25-14-21(28)27-17-7-4-5-15(11-17)22(29)26-13-18-6-2-3-10-24-18/h2-12,25H,13-14H2,1H3,(H,26,29)(H,27,28). The predicted octanol–water partition coefficient (Wildman–Crippen LogP) is 3.72. The van der Waals surface area contributed by atoms with Gasteiger partial charge < -0.3 is 20.7 Å². The summed E-state index contributed by atoms with van der Waals surface area (Å²) in [6.45, 7) is 0.328. The molecule has 0 aliphatic rings. The highest BCUT2D eigenvalue weighted by atomic mass is 35.5. The molecule has 0 radical (unpaired) electrons. The van der Waals surface area contributed by atoms with Crippen molar-refractivity contribution in [2.45, 2.75) is 6.54 Å². The number of amides is 2. The number of aromatic nitrogens is 1. The maximum absolute atomic E-state index is 12.4. The Morgan fingerprint density at radius 2 is 1.93 bits per heavy atom. The molecule has 0 fully saturated rings. The average Bonchev–Trinajstić information content (AvgIpc) is 2.77. The van der Waals surface area contributed by atoms with Crippen molar-refractivity contribution in [2.24, 2.45) is 0 Å². The van der Waals surface area contributed by atoms with E-state index in [2.05, 4.69) is 20.9 Å². The molecule has 154 valence electrons. The molecule has 0 saturated carbocycles. The number of methoxy groups -OCH3 is 1. The number of carbonyl (C=O) groups is 2. The van der Waals surface area contributed by atoms with Crippen LogP contribution in [-0.2, 0) is 11.3 Å². The summed E-state index contributed by atoms with van der Waals surface area (Å²) in [6.07, 6.45) is 1.67. The Bertz CT molecular complexity index is 1030. The van der Waals surface area contributed by atoms with Crippen LogP contribution in [0.15, 0.2) is 66.9 Å². The number of ether oxygens (including phenoxy) is 1. The minimum absolute atomic E-state index is 0.00675. The summed E-state index contributed by atoms with van der Waals surface area (Å²) in [5.41, 5.74) is 2.33. The lowest BCUT2D eigenvalue weighted by atomic mass is 10.2. The Hall–Kier alpha value is -3.58. The molecule has 1 heterocycles. The van der Waals surface area contributed by atoms with Crippen LogP contribution in [0.3, 0.4) is 0 Å². The molecule has 3 N–H and O–H groups in total. The molecule has 3 aromatic rings.